The number of carbonyl (C=O) groups is 1. The van der Waals surface area contributed by atoms with Gasteiger partial charge in [0.2, 0.25) is 6.20 Å². The highest BCUT2D eigenvalue weighted by Gasteiger charge is 2.19. The molecular formula is C20H18BrN3O4. The van der Waals surface area contributed by atoms with Crippen LogP contribution < -0.4 is 10.2 Å². The van der Waals surface area contributed by atoms with Crippen LogP contribution in [0.4, 0.5) is 0 Å². The SMILES string of the molecule is O=C(NOC1CCCCO1)c1cc(-c2ccc(Br)cc2)nc2c[n+]([O-])ccc12. The Morgan fingerprint density at radius 2 is 2.11 bits per heavy atom. The molecule has 8 heteroatoms. The van der Waals surface area contributed by atoms with Gasteiger partial charge in [-0.05, 0) is 31.0 Å². The fraction of sp³-hybridized carbons (Fsp3) is 0.250. The van der Waals surface area contributed by atoms with Crippen molar-refractivity contribution in [3.8, 4) is 11.3 Å². The minimum atomic E-state index is -0.444. The second-order valence-corrected chi connectivity index (χ2v) is 7.43. The monoisotopic (exact) mass is 443 g/mol. The number of benzene rings is 1. The molecule has 2 aromatic heterocycles. The third kappa shape index (κ3) is 4.14. The minimum Gasteiger partial charge on any atom is -0.619 e. The molecule has 28 heavy (non-hydrogen) atoms. The van der Waals surface area contributed by atoms with E-state index in [2.05, 4.69) is 26.4 Å². The van der Waals surface area contributed by atoms with Crippen LogP contribution in [0.5, 0.6) is 0 Å². The van der Waals surface area contributed by atoms with Crippen LogP contribution >= 0.6 is 15.9 Å². The van der Waals surface area contributed by atoms with Gasteiger partial charge in [0, 0.05) is 34.5 Å². The Labute approximate surface area is 170 Å². The first-order valence-corrected chi connectivity index (χ1v) is 9.76. The highest BCUT2D eigenvalue weighted by Crippen LogP contribution is 2.25. The zero-order chi connectivity index (χ0) is 19.5. The van der Waals surface area contributed by atoms with Crippen LogP contribution in [0.1, 0.15) is 29.6 Å². The zero-order valence-corrected chi connectivity index (χ0v) is 16.5. The fourth-order valence-corrected chi connectivity index (χ4v) is 3.36. The second kappa shape index (κ2) is 8.22. The molecule has 7 nitrogen and oxygen atoms in total. The smallest absolute Gasteiger partial charge is 0.275 e. The van der Waals surface area contributed by atoms with Gasteiger partial charge in [0.15, 0.2) is 12.5 Å². The van der Waals surface area contributed by atoms with Crippen molar-refractivity contribution >= 4 is 32.7 Å². The molecule has 144 valence electrons. The third-order valence-electron chi connectivity index (χ3n) is 4.53. The van der Waals surface area contributed by atoms with E-state index in [0.29, 0.717) is 33.5 Å². The lowest BCUT2D eigenvalue weighted by molar-refractivity contribution is -0.604. The number of nitrogens with zero attached hydrogens (tertiary/aromatic N) is 2. The van der Waals surface area contributed by atoms with E-state index >= 15 is 0 Å². The summed E-state index contributed by atoms with van der Waals surface area (Å²) in [6.07, 6.45) is 4.97. The number of halogens is 1. The number of carbonyl (C=O) groups excluding carboxylic acids is 1. The molecule has 1 atom stereocenters. The van der Waals surface area contributed by atoms with Crippen molar-refractivity contribution in [2.24, 2.45) is 0 Å². The number of fused-ring (bicyclic) bond motifs is 1. The molecule has 4 rings (SSSR count). The molecule has 1 aliphatic rings. The zero-order valence-electron chi connectivity index (χ0n) is 14.9. The molecular weight excluding hydrogens is 426 g/mol. The highest BCUT2D eigenvalue weighted by atomic mass is 79.9. The average Bonchev–Trinajstić information content (AvgIpc) is 2.72. The maximum Gasteiger partial charge on any atom is 0.275 e. The summed E-state index contributed by atoms with van der Waals surface area (Å²) < 4.78 is 7.07. The van der Waals surface area contributed by atoms with E-state index < -0.39 is 12.2 Å². The maximum absolute atomic E-state index is 12.8. The highest BCUT2D eigenvalue weighted by molar-refractivity contribution is 9.10. The molecule has 0 saturated carbocycles. The first kappa shape index (κ1) is 18.8. The molecule has 1 saturated heterocycles. The standard InChI is InChI=1S/C20H18BrN3O4/c21-14-6-4-13(5-7-14)17-11-16(15-8-9-24(26)12-18(15)22-17)20(25)23-28-19-3-1-2-10-27-19/h4-9,11-12,19H,1-3,10H2,(H,23,25). The van der Waals surface area contributed by atoms with Gasteiger partial charge in [-0.25, -0.2) is 15.3 Å². The molecule has 0 spiro atoms. The van der Waals surface area contributed by atoms with Gasteiger partial charge in [0.25, 0.3) is 5.91 Å². The van der Waals surface area contributed by atoms with Crippen LogP contribution in [-0.4, -0.2) is 23.8 Å². The lowest BCUT2D eigenvalue weighted by atomic mass is 10.0. The number of hydrogen-bond donors (Lipinski definition) is 1. The lowest BCUT2D eigenvalue weighted by Gasteiger charge is -2.22. The number of aromatic nitrogens is 2. The Kier molecular flexibility index (Phi) is 5.52. The number of pyridine rings is 2. The van der Waals surface area contributed by atoms with E-state index in [1.807, 2.05) is 24.3 Å². The molecule has 1 aromatic carbocycles. The van der Waals surface area contributed by atoms with Crippen molar-refractivity contribution in [2.45, 2.75) is 25.6 Å². The molecule has 0 radical (unpaired) electrons. The van der Waals surface area contributed by atoms with E-state index in [9.17, 15) is 10.0 Å². The largest absolute Gasteiger partial charge is 0.619 e. The van der Waals surface area contributed by atoms with Crippen LogP contribution in [0.15, 0.2) is 53.3 Å². The molecule has 3 heterocycles. The van der Waals surface area contributed by atoms with Gasteiger partial charge in [-0.2, -0.15) is 4.73 Å². The predicted octanol–water partition coefficient (Wildman–Crippen LogP) is 3.49. The summed E-state index contributed by atoms with van der Waals surface area (Å²) in [7, 11) is 0. The van der Waals surface area contributed by atoms with Crippen molar-refractivity contribution < 1.29 is 19.1 Å². The van der Waals surface area contributed by atoms with Crippen LogP contribution in [0.25, 0.3) is 22.2 Å². The summed E-state index contributed by atoms with van der Waals surface area (Å²) in [5.74, 6) is -0.413. The minimum absolute atomic E-state index is 0.374. The van der Waals surface area contributed by atoms with Crippen LogP contribution in [-0.2, 0) is 9.57 Å². The Hall–Kier alpha value is -2.55. The van der Waals surface area contributed by atoms with Crippen molar-refractivity contribution in [1.82, 2.24) is 10.5 Å². The molecule has 3 aromatic rings. The Morgan fingerprint density at radius 3 is 2.86 bits per heavy atom. The Morgan fingerprint density at radius 1 is 1.29 bits per heavy atom. The van der Waals surface area contributed by atoms with E-state index in [0.717, 1.165) is 29.3 Å². The van der Waals surface area contributed by atoms with Gasteiger partial charge in [0.1, 0.15) is 5.52 Å². The van der Waals surface area contributed by atoms with Crippen molar-refractivity contribution in [1.29, 1.82) is 0 Å². The van der Waals surface area contributed by atoms with Gasteiger partial charge in [-0.15, -0.1) is 0 Å². The number of hydrogen-bond acceptors (Lipinski definition) is 5. The van der Waals surface area contributed by atoms with Crippen molar-refractivity contribution in [3.63, 3.8) is 0 Å². The van der Waals surface area contributed by atoms with Crippen molar-refractivity contribution in [2.75, 3.05) is 6.61 Å². The fourth-order valence-electron chi connectivity index (χ4n) is 3.09. The number of ether oxygens (including phenoxy) is 1. The van der Waals surface area contributed by atoms with Crippen LogP contribution in [0, 0.1) is 5.21 Å². The molecule has 1 aliphatic heterocycles. The average molecular weight is 444 g/mol. The Balaban J connectivity index is 1.68. The van der Waals surface area contributed by atoms with Gasteiger partial charge in [0.05, 0.1) is 11.3 Å². The molecule has 1 N–H and O–H groups in total. The normalized spacial score (nSPS) is 16.8. The van der Waals surface area contributed by atoms with Crippen LogP contribution in [0.2, 0.25) is 0 Å². The molecule has 0 aliphatic carbocycles. The first-order chi connectivity index (χ1) is 13.6. The van der Waals surface area contributed by atoms with E-state index in [4.69, 9.17) is 9.57 Å². The lowest BCUT2D eigenvalue weighted by Crippen LogP contribution is -2.33. The molecule has 1 amide bonds. The topological polar surface area (TPSA) is 87.4 Å². The number of nitrogens with one attached hydrogen (secondary N) is 1. The molecule has 1 fully saturated rings. The maximum atomic E-state index is 12.8. The van der Waals surface area contributed by atoms with E-state index in [-0.39, 0.29) is 0 Å². The molecule has 1 unspecified atom stereocenters. The van der Waals surface area contributed by atoms with E-state index in [1.165, 1.54) is 12.4 Å². The number of rotatable bonds is 4. The quantitative estimate of drug-likeness (QED) is 0.378. The summed E-state index contributed by atoms with van der Waals surface area (Å²) in [5, 5.41) is 12.3. The van der Waals surface area contributed by atoms with E-state index in [1.54, 1.807) is 12.1 Å². The summed E-state index contributed by atoms with van der Waals surface area (Å²) in [5.41, 5.74) is 4.70. The molecule has 0 bridgehead atoms. The number of hydroxylamine groups is 1. The summed E-state index contributed by atoms with van der Waals surface area (Å²) >= 11 is 3.41. The van der Waals surface area contributed by atoms with Crippen molar-refractivity contribution in [3.05, 3.63) is 64.0 Å². The Bertz CT molecular complexity index is 1000. The second-order valence-electron chi connectivity index (χ2n) is 6.51. The summed E-state index contributed by atoms with van der Waals surface area (Å²) in [4.78, 5) is 22.8. The number of amides is 1. The summed E-state index contributed by atoms with van der Waals surface area (Å²) in [6.45, 7) is 0.621. The predicted molar refractivity (Wildman–Crippen MR) is 106 cm³/mol. The first-order valence-electron chi connectivity index (χ1n) is 8.97. The van der Waals surface area contributed by atoms with Gasteiger partial charge in [-0.3, -0.25) is 4.79 Å². The van der Waals surface area contributed by atoms with Crippen LogP contribution in [0.3, 0.4) is 0 Å². The van der Waals surface area contributed by atoms with Gasteiger partial charge < -0.3 is 9.94 Å². The van der Waals surface area contributed by atoms with Gasteiger partial charge >= 0.3 is 0 Å². The van der Waals surface area contributed by atoms with Gasteiger partial charge in [-0.1, -0.05) is 28.1 Å². The third-order valence-corrected chi connectivity index (χ3v) is 5.06. The summed E-state index contributed by atoms with van der Waals surface area (Å²) in [6, 6.07) is 10.8.